The molecule has 29 heavy (non-hydrogen) atoms. The van der Waals surface area contributed by atoms with Crippen LogP contribution in [0.5, 0.6) is 0 Å². The highest BCUT2D eigenvalue weighted by atomic mass is 28.4. The standard InChI is InChI=1S/C20H44O8Si/c1-9-17(13-21-5)25-29(26-18(10-2)14-22-6,27-19(11-3)15-23-7)28-20(12-4)16-24-8/h17-20H,9-16H2,1-8H3. The lowest BCUT2D eigenvalue weighted by molar-refractivity contribution is -0.133. The number of methoxy groups -OCH3 is 4. The van der Waals surface area contributed by atoms with E-state index in [0.29, 0.717) is 26.4 Å². The first kappa shape index (κ1) is 28.9. The minimum atomic E-state index is -3.60. The zero-order valence-electron chi connectivity index (χ0n) is 19.7. The Morgan fingerprint density at radius 1 is 0.448 bits per heavy atom. The van der Waals surface area contributed by atoms with E-state index < -0.39 is 9.05 Å². The predicted molar refractivity (Wildman–Crippen MR) is 114 cm³/mol. The summed E-state index contributed by atoms with van der Waals surface area (Å²) in [6.07, 6.45) is 2.09. The van der Waals surface area contributed by atoms with Crippen molar-refractivity contribution in [3.05, 3.63) is 0 Å². The summed E-state index contributed by atoms with van der Waals surface area (Å²) in [5.74, 6) is 0. The van der Waals surface area contributed by atoms with Gasteiger partial charge in [-0.25, -0.2) is 0 Å². The molecule has 176 valence electrons. The Kier molecular flexibility index (Phi) is 17.5. The van der Waals surface area contributed by atoms with Crippen molar-refractivity contribution in [1.82, 2.24) is 0 Å². The first-order chi connectivity index (χ1) is 14.0. The summed E-state index contributed by atoms with van der Waals surface area (Å²) in [6.45, 7) is 9.83. The molecule has 9 heteroatoms. The van der Waals surface area contributed by atoms with Crippen LogP contribution in [-0.2, 0) is 36.7 Å². The van der Waals surface area contributed by atoms with E-state index >= 15 is 0 Å². The maximum atomic E-state index is 6.44. The molecule has 0 saturated heterocycles. The first-order valence-corrected chi connectivity index (χ1v) is 12.3. The molecule has 0 bridgehead atoms. The molecule has 0 N–H and O–H groups in total. The van der Waals surface area contributed by atoms with E-state index in [9.17, 15) is 0 Å². The fraction of sp³-hybridized carbons (Fsp3) is 1.00. The van der Waals surface area contributed by atoms with Crippen molar-refractivity contribution in [2.24, 2.45) is 0 Å². The third-order valence-electron chi connectivity index (χ3n) is 4.48. The highest BCUT2D eigenvalue weighted by Gasteiger charge is 2.52. The van der Waals surface area contributed by atoms with Crippen LogP contribution >= 0.6 is 0 Å². The zero-order chi connectivity index (χ0) is 22.1. The van der Waals surface area contributed by atoms with Crippen LogP contribution < -0.4 is 0 Å². The van der Waals surface area contributed by atoms with E-state index in [-0.39, 0.29) is 24.4 Å². The molecule has 0 rings (SSSR count). The fourth-order valence-corrected chi connectivity index (χ4v) is 5.57. The molecule has 8 nitrogen and oxygen atoms in total. The van der Waals surface area contributed by atoms with E-state index in [1.807, 2.05) is 27.7 Å². The first-order valence-electron chi connectivity index (χ1n) is 10.6. The van der Waals surface area contributed by atoms with E-state index in [2.05, 4.69) is 0 Å². The topological polar surface area (TPSA) is 73.8 Å². The molecule has 0 radical (unpaired) electrons. The molecule has 0 fully saturated rings. The average Bonchev–Trinajstić information content (AvgIpc) is 2.72. The molecule has 0 saturated carbocycles. The van der Waals surface area contributed by atoms with Crippen LogP contribution in [0.25, 0.3) is 0 Å². The van der Waals surface area contributed by atoms with Gasteiger partial charge in [0.15, 0.2) is 0 Å². The predicted octanol–water partition coefficient (Wildman–Crippen LogP) is 3.19. The largest absolute Gasteiger partial charge is 0.681 e. The molecule has 0 aromatic carbocycles. The minimum Gasteiger partial charge on any atom is -0.382 e. The van der Waals surface area contributed by atoms with E-state index in [1.165, 1.54) is 0 Å². The van der Waals surface area contributed by atoms with Crippen molar-refractivity contribution >= 4 is 9.05 Å². The Morgan fingerprint density at radius 3 is 0.793 bits per heavy atom. The Labute approximate surface area is 178 Å². The van der Waals surface area contributed by atoms with Crippen molar-refractivity contribution in [2.45, 2.75) is 77.8 Å². The van der Waals surface area contributed by atoms with Gasteiger partial charge in [0.2, 0.25) is 0 Å². The van der Waals surface area contributed by atoms with Crippen molar-refractivity contribution in [2.75, 3.05) is 54.9 Å². The SMILES string of the molecule is CCC(COC)O[Si](OC(CC)COC)(OC(CC)COC)OC(CC)COC. The molecule has 4 unspecified atom stereocenters. The average molecular weight is 441 g/mol. The summed E-state index contributed by atoms with van der Waals surface area (Å²) in [4.78, 5) is 0. The van der Waals surface area contributed by atoms with Gasteiger partial charge in [0.25, 0.3) is 0 Å². The quantitative estimate of drug-likeness (QED) is 0.267. The Hall–Kier alpha value is -0.103. The Balaban J connectivity index is 5.94. The van der Waals surface area contributed by atoms with Crippen LogP contribution in [0.2, 0.25) is 0 Å². The van der Waals surface area contributed by atoms with Crippen LogP contribution in [0.1, 0.15) is 53.4 Å². The van der Waals surface area contributed by atoms with Gasteiger partial charge in [-0.2, -0.15) is 0 Å². The van der Waals surface area contributed by atoms with Crippen LogP contribution in [0.15, 0.2) is 0 Å². The fourth-order valence-electron chi connectivity index (χ4n) is 2.67. The number of hydrogen-bond donors (Lipinski definition) is 0. The monoisotopic (exact) mass is 440 g/mol. The van der Waals surface area contributed by atoms with Crippen LogP contribution in [0, 0.1) is 0 Å². The second kappa shape index (κ2) is 17.6. The molecule has 0 amide bonds. The van der Waals surface area contributed by atoms with Crippen LogP contribution in [0.4, 0.5) is 0 Å². The lowest BCUT2D eigenvalue weighted by Gasteiger charge is -2.38. The van der Waals surface area contributed by atoms with Crippen LogP contribution in [-0.4, -0.2) is 88.3 Å². The normalized spacial score (nSPS) is 18.2. The summed E-state index contributed by atoms with van der Waals surface area (Å²) in [5.41, 5.74) is 0. The number of rotatable bonds is 20. The van der Waals surface area contributed by atoms with Gasteiger partial charge in [-0.05, 0) is 25.7 Å². The Morgan fingerprint density at radius 2 is 0.655 bits per heavy atom. The summed E-state index contributed by atoms with van der Waals surface area (Å²) < 4.78 is 47.1. The van der Waals surface area contributed by atoms with Gasteiger partial charge in [0.1, 0.15) is 0 Å². The maximum absolute atomic E-state index is 6.44. The third kappa shape index (κ3) is 11.8. The second-order valence-corrected chi connectivity index (χ2v) is 8.86. The van der Waals surface area contributed by atoms with Gasteiger partial charge in [-0.15, -0.1) is 0 Å². The zero-order valence-corrected chi connectivity index (χ0v) is 20.7. The van der Waals surface area contributed by atoms with E-state index in [4.69, 9.17) is 36.7 Å². The maximum Gasteiger partial charge on any atom is 0.681 e. The summed E-state index contributed by atoms with van der Waals surface area (Å²) in [7, 11) is 3.00. The van der Waals surface area contributed by atoms with Gasteiger partial charge in [-0.3, -0.25) is 0 Å². The third-order valence-corrected chi connectivity index (χ3v) is 6.96. The second-order valence-electron chi connectivity index (χ2n) is 6.91. The summed E-state index contributed by atoms with van der Waals surface area (Å²) in [6, 6.07) is 0. The van der Waals surface area contributed by atoms with Crippen molar-refractivity contribution in [3.63, 3.8) is 0 Å². The van der Waals surface area contributed by atoms with Crippen molar-refractivity contribution in [1.29, 1.82) is 0 Å². The molecular weight excluding hydrogens is 396 g/mol. The molecule has 0 aliphatic heterocycles. The molecule has 4 atom stereocenters. The number of ether oxygens (including phenoxy) is 4. The lowest BCUT2D eigenvalue weighted by atomic mass is 10.3. The molecule has 0 spiro atoms. The van der Waals surface area contributed by atoms with Gasteiger partial charge >= 0.3 is 9.05 Å². The van der Waals surface area contributed by atoms with Gasteiger partial charge in [0.05, 0.1) is 50.8 Å². The minimum absolute atomic E-state index is 0.216. The van der Waals surface area contributed by atoms with Crippen LogP contribution in [0.3, 0.4) is 0 Å². The van der Waals surface area contributed by atoms with Crippen molar-refractivity contribution < 1.29 is 36.7 Å². The summed E-state index contributed by atoms with van der Waals surface area (Å²) >= 11 is 0. The van der Waals surface area contributed by atoms with E-state index in [0.717, 1.165) is 25.7 Å². The molecule has 0 aromatic rings. The van der Waals surface area contributed by atoms with Gasteiger partial charge in [-0.1, -0.05) is 27.7 Å². The highest BCUT2D eigenvalue weighted by Crippen LogP contribution is 2.25. The van der Waals surface area contributed by atoms with E-state index in [1.54, 1.807) is 28.4 Å². The molecule has 0 aliphatic carbocycles. The highest BCUT2D eigenvalue weighted by molar-refractivity contribution is 6.53. The Bertz CT molecular complexity index is 305. The van der Waals surface area contributed by atoms with Gasteiger partial charge in [0, 0.05) is 28.4 Å². The molecular formula is C20H44O8Si. The smallest absolute Gasteiger partial charge is 0.382 e. The molecule has 0 heterocycles. The van der Waals surface area contributed by atoms with Gasteiger partial charge < -0.3 is 36.7 Å². The summed E-state index contributed by atoms with van der Waals surface area (Å²) in [5, 5.41) is 0. The molecule has 0 aliphatic rings. The molecule has 0 aromatic heterocycles. The lowest BCUT2D eigenvalue weighted by Crippen LogP contribution is -2.58. The van der Waals surface area contributed by atoms with Crippen molar-refractivity contribution in [3.8, 4) is 0 Å². The number of hydrogen-bond acceptors (Lipinski definition) is 8.